The van der Waals surface area contributed by atoms with Gasteiger partial charge in [0.05, 0.1) is 0 Å². The summed E-state index contributed by atoms with van der Waals surface area (Å²) in [6.07, 6.45) is 8.55. The molecule has 4 aromatic carbocycles. The molecular weight excluding hydrogens is 733 g/mol. The maximum atomic E-state index is 7.58. The first-order valence-electron chi connectivity index (χ1n) is 20.1. The lowest BCUT2D eigenvalue weighted by molar-refractivity contribution is 0.145. The molecule has 0 aromatic heterocycles. The first-order valence-corrected chi connectivity index (χ1v) is 34.2. The summed E-state index contributed by atoms with van der Waals surface area (Å²) in [5.41, 5.74) is 5.54. The van der Waals surface area contributed by atoms with E-state index in [1.54, 1.807) is 0 Å². The van der Waals surface area contributed by atoms with Crippen LogP contribution in [0.4, 0.5) is 0 Å². The predicted octanol–water partition coefficient (Wildman–Crippen LogP) is 12.8. The maximum Gasteiger partial charge on any atom is 0.636 e. The zero-order valence-electron chi connectivity index (χ0n) is 34.2. The predicted molar refractivity (Wildman–Crippen MR) is 238 cm³/mol. The normalized spacial score (nSPS) is 13.0. The highest BCUT2D eigenvalue weighted by Crippen LogP contribution is 2.35. The Labute approximate surface area is 328 Å². The summed E-state index contributed by atoms with van der Waals surface area (Å²) in [7, 11) is -12.8. The Morgan fingerprint density at radius 1 is 0.302 bits per heavy atom. The molecule has 0 aliphatic rings. The van der Waals surface area contributed by atoms with Crippen molar-refractivity contribution in [1.82, 2.24) is 0 Å². The Bertz CT molecular complexity index is 1340. The fraction of sp³-hybridized carbons (Fsp3) is 0.455. The summed E-state index contributed by atoms with van der Waals surface area (Å²) in [5, 5.41) is 0. The van der Waals surface area contributed by atoms with E-state index in [2.05, 4.69) is 174 Å². The van der Waals surface area contributed by atoms with Crippen LogP contribution in [0.25, 0.3) is 0 Å². The Balaban J connectivity index is 1.60. The molecule has 0 aliphatic carbocycles. The van der Waals surface area contributed by atoms with Crippen molar-refractivity contribution >= 4 is 42.3 Å². The highest BCUT2D eigenvalue weighted by Gasteiger charge is 2.58. The van der Waals surface area contributed by atoms with Crippen molar-refractivity contribution in [2.45, 2.75) is 128 Å². The summed E-state index contributed by atoms with van der Waals surface area (Å²) in [5.74, 6) is 0. The van der Waals surface area contributed by atoms with Crippen LogP contribution in [0.15, 0.2) is 121 Å². The minimum Gasteiger partial charge on any atom is -0.396 e. The average Bonchev–Trinajstić information content (AvgIpc) is 3.09. The number of hydrogen-bond acceptors (Lipinski definition) is 4. The van der Waals surface area contributed by atoms with Crippen molar-refractivity contribution < 1.29 is 16.5 Å². The third-order valence-corrected chi connectivity index (χ3v) is 29.0. The second-order valence-electron chi connectivity index (χ2n) is 17.3. The van der Waals surface area contributed by atoms with Crippen LogP contribution in [0.1, 0.15) is 47.9 Å². The highest BCUT2D eigenvalue weighted by atomic mass is 28.5. The molecular formula is C44H68O4Si5. The third-order valence-electron chi connectivity index (χ3n) is 9.95. The summed E-state index contributed by atoms with van der Waals surface area (Å²) >= 11 is 0. The molecule has 0 unspecified atom stereocenters. The zero-order valence-corrected chi connectivity index (χ0v) is 39.2. The molecule has 0 saturated carbocycles. The molecule has 53 heavy (non-hydrogen) atoms. The van der Waals surface area contributed by atoms with Crippen LogP contribution < -0.4 is 0 Å². The smallest absolute Gasteiger partial charge is 0.396 e. The summed E-state index contributed by atoms with van der Waals surface area (Å²) in [4.78, 5) is 0. The molecule has 0 bridgehead atoms. The summed E-state index contributed by atoms with van der Waals surface area (Å²) in [6, 6.07) is 47.5. The van der Waals surface area contributed by atoms with Gasteiger partial charge in [-0.05, 0) is 150 Å². The van der Waals surface area contributed by atoms with E-state index < -0.39 is 42.3 Å². The fourth-order valence-electron chi connectivity index (χ4n) is 7.13. The molecule has 4 nitrogen and oxygen atoms in total. The lowest BCUT2D eigenvalue weighted by Crippen LogP contribution is -2.66. The van der Waals surface area contributed by atoms with E-state index in [0.717, 1.165) is 75.5 Å². The van der Waals surface area contributed by atoms with Gasteiger partial charge in [-0.1, -0.05) is 121 Å². The molecule has 0 atom stereocenters. The van der Waals surface area contributed by atoms with Crippen LogP contribution in [-0.2, 0) is 42.1 Å². The van der Waals surface area contributed by atoms with Gasteiger partial charge in [0.25, 0.3) is 0 Å². The van der Waals surface area contributed by atoms with Crippen LogP contribution in [0, 0.1) is 0 Å². The van der Waals surface area contributed by atoms with E-state index >= 15 is 0 Å². The molecule has 0 heterocycles. The van der Waals surface area contributed by atoms with Crippen molar-refractivity contribution in [3.8, 4) is 0 Å². The van der Waals surface area contributed by atoms with Crippen molar-refractivity contribution in [1.29, 1.82) is 0 Å². The molecule has 0 amide bonds. The number of rotatable bonds is 24. The minimum absolute atomic E-state index is 1.04. The molecule has 0 fully saturated rings. The van der Waals surface area contributed by atoms with Crippen LogP contribution >= 0.6 is 0 Å². The van der Waals surface area contributed by atoms with Crippen molar-refractivity contribution in [3.63, 3.8) is 0 Å². The standard InChI is InChI=1S/C44H68O4Si5/c1-49(2,37-21-33-41-25-13-9-14-26-41)45-53(46-50(3,4)38-22-34-42-27-15-10-16-28-42,47-51(5,6)39-23-35-43-29-17-11-18-30-43)48-52(7,8)40-24-36-44-31-19-12-20-32-44/h9-20,25-32H,21-24,33-40H2,1-8H3. The second kappa shape index (κ2) is 20.6. The van der Waals surface area contributed by atoms with Gasteiger partial charge in [0.1, 0.15) is 0 Å². The van der Waals surface area contributed by atoms with Crippen LogP contribution in [-0.4, -0.2) is 42.3 Å². The van der Waals surface area contributed by atoms with Gasteiger partial charge in [-0.25, -0.2) is 0 Å². The van der Waals surface area contributed by atoms with Gasteiger partial charge in [0.15, 0.2) is 33.3 Å². The molecule has 0 saturated heterocycles. The lowest BCUT2D eigenvalue weighted by Gasteiger charge is -2.46. The van der Waals surface area contributed by atoms with Crippen LogP contribution in [0.2, 0.25) is 76.6 Å². The van der Waals surface area contributed by atoms with Crippen molar-refractivity contribution in [3.05, 3.63) is 144 Å². The largest absolute Gasteiger partial charge is 0.636 e. The number of benzene rings is 4. The molecule has 0 aliphatic heterocycles. The van der Waals surface area contributed by atoms with E-state index in [9.17, 15) is 0 Å². The Morgan fingerprint density at radius 2 is 0.491 bits per heavy atom. The first-order chi connectivity index (χ1) is 25.1. The Hall–Kier alpha value is -2.20. The van der Waals surface area contributed by atoms with Crippen molar-refractivity contribution in [2.75, 3.05) is 0 Å². The van der Waals surface area contributed by atoms with Gasteiger partial charge < -0.3 is 16.5 Å². The summed E-state index contributed by atoms with van der Waals surface area (Å²) < 4.78 is 30.3. The summed E-state index contributed by atoms with van der Waals surface area (Å²) in [6.45, 7) is 18.9. The first kappa shape index (κ1) is 43.5. The van der Waals surface area contributed by atoms with Crippen LogP contribution in [0.3, 0.4) is 0 Å². The maximum absolute atomic E-state index is 7.58. The third kappa shape index (κ3) is 17.0. The van der Waals surface area contributed by atoms with Gasteiger partial charge >= 0.3 is 9.05 Å². The highest BCUT2D eigenvalue weighted by molar-refractivity contribution is 6.92. The van der Waals surface area contributed by atoms with Gasteiger partial charge in [-0.15, -0.1) is 0 Å². The Kier molecular flexibility index (Phi) is 17.0. The number of aryl methyl sites for hydroxylation is 4. The fourth-order valence-corrected chi connectivity index (χ4v) is 27.0. The van der Waals surface area contributed by atoms with Gasteiger partial charge in [-0.2, -0.15) is 0 Å². The van der Waals surface area contributed by atoms with E-state index in [1.807, 2.05) is 0 Å². The van der Waals surface area contributed by atoms with E-state index in [1.165, 1.54) is 22.3 Å². The van der Waals surface area contributed by atoms with E-state index in [0.29, 0.717) is 0 Å². The van der Waals surface area contributed by atoms with Gasteiger partial charge in [-0.3, -0.25) is 0 Å². The molecule has 9 heteroatoms. The van der Waals surface area contributed by atoms with Gasteiger partial charge in [0.2, 0.25) is 0 Å². The Morgan fingerprint density at radius 3 is 0.679 bits per heavy atom. The molecule has 0 spiro atoms. The molecule has 0 N–H and O–H groups in total. The zero-order chi connectivity index (χ0) is 38.3. The second-order valence-corrected chi connectivity index (χ2v) is 37.6. The minimum atomic E-state index is -3.61. The topological polar surface area (TPSA) is 36.9 Å². The molecule has 288 valence electrons. The van der Waals surface area contributed by atoms with E-state index in [4.69, 9.17) is 16.5 Å². The number of hydrogen-bond donors (Lipinski definition) is 0. The average molecular weight is 801 g/mol. The quantitative estimate of drug-likeness (QED) is 0.0662. The van der Waals surface area contributed by atoms with E-state index in [-0.39, 0.29) is 0 Å². The van der Waals surface area contributed by atoms with Crippen molar-refractivity contribution in [2.24, 2.45) is 0 Å². The lowest BCUT2D eigenvalue weighted by atomic mass is 10.1. The monoisotopic (exact) mass is 800 g/mol. The SMILES string of the molecule is C[Si](C)(CCCc1ccccc1)O[Si](O[Si](C)(C)CCCc1ccccc1)(O[Si](C)(C)CCCc1ccccc1)O[Si](C)(C)CCCc1ccccc1. The van der Waals surface area contributed by atoms with Crippen LogP contribution in [0.5, 0.6) is 0 Å². The molecule has 4 aromatic rings. The molecule has 4 rings (SSSR count). The van der Waals surface area contributed by atoms with Gasteiger partial charge in [0, 0.05) is 0 Å². The molecule has 0 radical (unpaired) electrons.